The van der Waals surface area contributed by atoms with Crippen molar-refractivity contribution in [1.82, 2.24) is 5.01 Å². The van der Waals surface area contributed by atoms with Crippen molar-refractivity contribution in [1.29, 1.82) is 0 Å². The highest BCUT2D eigenvalue weighted by Gasteiger charge is 2.32. The SMILES string of the molecule is O=C1c2cccc3cccc(c23)C(=O)N1/N=C/c1ccc(Cl)cc1. The van der Waals surface area contributed by atoms with E-state index in [0.717, 1.165) is 16.0 Å². The maximum absolute atomic E-state index is 12.7. The molecule has 4 nitrogen and oxygen atoms in total. The Hall–Kier alpha value is -2.98. The minimum Gasteiger partial charge on any atom is -0.267 e. The van der Waals surface area contributed by atoms with E-state index in [1.54, 1.807) is 48.5 Å². The van der Waals surface area contributed by atoms with Crippen molar-refractivity contribution >= 4 is 40.4 Å². The van der Waals surface area contributed by atoms with Crippen molar-refractivity contribution in [2.24, 2.45) is 5.10 Å². The number of imide groups is 1. The molecule has 0 unspecified atom stereocenters. The summed E-state index contributed by atoms with van der Waals surface area (Å²) in [6.45, 7) is 0. The van der Waals surface area contributed by atoms with Crippen molar-refractivity contribution in [3.05, 3.63) is 82.4 Å². The highest BCUT2D eigenvalue weighted by molar-refractivity contribution is 6.30. The number of hydrazone groups is 1. The molecule has 0 radical (unpaired) electrons. The minimum atomic E-state index is -0.422. The topological polar surface area (TPSA) is 49.7 Å². The molecule has 24 heavy (non-hydrogen) atoms. The van der Waals surface area contributed by atoms with Gasteiger partial charge in [0.2, 0.25) is 0 Å². The van der Waals surface area contributed by atoms with Crippen LogP contribution in [0.2, 0.25) is 5.02 Å². The van der Waals surface area contributed by atoms with Gasteiger partial charge in [0, 0.05) is 10.4 Å². The van der Waals surface area contributed by atoms with Crippen LogP contribution in [-0.4, -0.2) is 23.0 Å². The zero-order valence-electron chi connectivity index (χ0n) is 12.4. The van der Waals surface area contributed by atoms with Gasteiger partial charge in [-0.05, 0) is 35.2 Å². The van der Waals surface area contributed by atoms with Gasteiger partial charge < -0.3 is 0 Å². The Bertz CT molecular complexity index is 959. The number of carbonyl (C=O) groups is 2. The fourth-order valence-electron chi connectivity index (χ4n) is 2.80. The average Bonchev–Trinajstić information content (AvgIpc) is 2.61. The number of hydrogen-bond donors (Lipinski definition) is 0. The first kappa shape index (κ1) is 14.6. The van der Waals surface area contributed by atoms with E-state index < -0.39 is 11.8 Å². The van der Waals surface area contributed by atoms with Crippen LogP contribution in [0.3, 0.4) is 0 Å². The summed E-state index contributed by atoms with van der Waals surface area (Å²) >= 11 is 5.85. The summed E-state index contributed by atoms with van der Waals surface area (Å²) in [5.74, 6) is -0.843. The molecule has 5 heteroatoms. The molecular weight excluding hydrogens is 324 g/mol. The second-order valence-electron chi connectivity index (χ2n) is 5.43. The third-order valence-corrected chi connectivity index (χ3v) is 4.19. The predicted molar refractivity (Wildman–Crippen MR) is 93.5 cm³/mol. The third-order valence-electron chi connectivity index (χ3n) is 3.94. The van der Waals surface area contributed by atoms with E-state index in [-0.39, 0.29) is 0 Å². The van der Waals surface area contributed by atoms with E-state index in [1.807, 2.05) is 12.1 Å². The van der Waals surface area contributed by atoms with Gasteiger partial charge in [-0.1, -0.05) is 48.0 Å². The number of carbonyl (C=O) groups excluding carboxylic acids is 2. The molecule has 1 aliphatic rings. The van der Waals surface area contributed by atoms with Crippen LogP contribution in [0.4, 0.5) is 0 Å². The number of halogens is 1. The average molecular weight is 335 g/mol. The first-order valence-electron chi connectivity index (χ1n) is 7.35. The van der Waals surface area contributed by atoms with Gasteiger partial charge in [0.25, 0.3) is 11.8 Å². The lowest BCUT2D eigenvalue weighted by molar-refractivity contribution is 0.0616. The van der Waals surface area contributed by atoms with Gasteiger partial charge in [-0.25, -0.2) is 0 Å². The first-order valence-corrected chi connectivity index (χ1v) is 7.73. The quantitative estimate of drug-likeness (QED) is 0.523. The Morgan fingerprint density at radius 1 is 0.833 bits per heavy atom. The Morgan fingerprint density at radius 2 is 1.42 bits per heavy atom. The predicted octanol–water partition coefficient (Wildman–Crippen LogP) is 4.12. The van der Waals surface area contributed by atoms with E-state index in [2.05, 4.69) is 5.10 Å². The molecule has 1 aliphatic heterocycles. The lowest BCUT2D eigenvalue weighted by Gasteiger charge is -2.22. The van der Waals surface area contributed by atoms with Crippen molar-refractivity contribution in [3.8, 4) is 0 Å². The maximum atomic E-state index is 12.7. The van der Waals surface area contributed by atoms with E-state index in [1.165, 1.54) is 6.21 Å². The zero-order chi connectivity index (χ0) is 16.7. The molecule has 0 atom stereocenters. The van der Waals surface area contributed by atoms with Crippen LogP contribution in [0.25, 0.3) is 10.8 Å². The molecule has 3 aromatic rings. The lowest BCUT2D eigenvalue weighted by atomic mass is 9.95. The van der Waals surface area contributed by atoms with Crippen molar-refractivity contribution < 1.29 is 9.59 Å². The third kappa shape index (κ3) is 2.28. The van der Waals surface area contributed by atoms with Crippen molar-refractivity contribution in [2.45, 2.75) is 0 Å². The summed E-state index contributed by atoms with van der Waals surface area (Å²) in [5.41, 5.74) is 1.71. The largest absolute Gasteiger partial charge is 0.282 e. The number of rotatable bonds is 2. The highest BCUT2D eigenvalue weighted by atomic mass is 35.5. The molecular formula is C19H11ClN2O2. The Morgan fingerprint density at radius 3 is 2.00 bits per heavy atom. The zero-order valence-corrected chi connectivity index (χ0v) is 13.2. The lowest BCUT2D eigenvalue weighted by Crippen LogP contribution is -2.36. The van der Waals surface area contributed by atoms with E-state index in [4.69, 9.17) is 11.6 Å². The highest BCUT2D eigenvalue weighted by Crippen LogP contribution is 2.30. The van der Waals surface area contributed by atoms with Crippen LogP contribution in [0, 0.1) is 0 Å². The smallest absolute Gasteiger partial charge is 0.267 e. The first-order chi connectivity index (χ1) is 11.6. The summed E-state index contributed by atoms with van der Waals surface area (Å²) in [5, 5.41) is 7.17. The summed E-state index contributed by atoms with van der Waals surface area (Å²) < 4.78 is 0. The normalized spacial score (nSPS) is 14.0. The molecule has 1 heterocycles. The molecule has 0 spiro atoms. The molecule has 0 fully saturated rings. The van der Waals surface area contributed by atoms with E-state index >= 15 is 0 Å². The second kappa shape index (κ2) is 5.58. The van der Waals surface area contributed by atoms with Crippen LogP contribution in [-0.2, 0) is 0 Å². The number of benzene rings is 3. The minimum absolute atomic E-state index is 0.422. The number of amides is 2. The Balaban J connectivity index is 1.78. The Kier molecular flexibility index (Phi) is 3.40. The van der Waals surface area contributed by atoms with Gasteiger partial charge in [-0.2, -0.15) is 10.1 Å². The standard InChI is InChI=1S/C19H11ClN2O2/c20-14-9-7-12(8-10-14)11-21-22-18(23)15-5-1-3-13-4-2-6-16(17(13)15)19(22)24/h1-11H/b21-11+. The molecule has 0 aliphatic carbocycles. The molecule has 0 N–H and O–H groups in total. The van der Waals surface area contributed by atoms with Crippen LogP contribution in [0.15, 0.2) is 65.8 Å². The molecule has 0 aromatic heterocycles. The molecule has 0 bridgehead atoms. The second-order valence-corrected chi connectivity index (χ2v) is 5.86. The molecule has 3 aromatic carbocycles. The summed E-state index contributed by atoms with van der Waals surface area (Å²) in [6, 6.07) is 17.8. The summed E-state index contributed by atoms with van der Waals surface area (Å²) in [7, 11) is 0. The molecule has 0 saturated heterocycles. The van der Waals surface area contributed by atoms with Gasteiger partial charge in [0.15, 0.2) is 0 Å². The van der Waals surface area contributed by atoms with Crippen LogP contribution in [0.5, 0.6) is 0 Å². The van der Waals surface area contributed by atoms with Crippen LogP contribution < -0.4 is 0 Å². The Labute approximate surface area is 143 Å². The number of nitrogens with zero attached hydrogens (tertiary/aromatic N) is 2. The molecule has 0 saturated carbocycles. The molecule has 4 rings (SSSR count). The number of hydrogen-bond acceptors (Lipinski definition) is 3. The van der Waals surface area contributed by atoms with Gasteiger partial charge >= 0.3 is 0 Å². The van der Waals surface area contributed by atoms with Crippen molar-refractivity contribution in [2.75, 3.05) is 0 Å². The van der Waals surface area contributed by atoms with Crippen molar-refractivity contribution in [3.63, 3.8) is 0 Å². The van der Waals surface area contributed by atoms with E-state index in [0.29, 0.717) is 21.5 Å². The van der Waals surface area contributed by atoms with Crippen LogP contribution >= 0.6 is 11.6 Å². The van der Waals surface area contributed by atoms with Gasteiger partial charge in [-0.15, -0.1) is 0 Å². The van der Waals surface area contributed by atoms with Crippen LogP contribution in [0.1, 0.15) is 26.3 Å². The monoisotopic (exact) mass is 334 g/mol. The molecule has 2 amide bonds. The summed E-state index contributed by atoms with van der Waals surface area (Å²) in [4.78, 5) is 25.3. The van der Waals surface area contributed by atoms with Gasteiger partial charge in [0.1, 0.15) is 0 Å². The van der Waals surface area contributed by atoms with Gasteiger partial charge in [0.05, 0.1) is 17.3 Å². The fourth-order valence-corrected chi connectivity index (χ4v) is 2.92. The maximum Gasteiger partial charge on any atom is 0.282 e. The van der Waals surface area contributed by atoms with Gasteiger partial charge in [-0.3, -0.25) is 9.59 Å². The van der Waals surface area contributed by atoms with E-state index in [9.17, 15) is 9.59 Å². The fraction of sp³-hybridized carbons (Fsp3) is 0. The summed E-state index contributed by atoms with van der Waals surface area (Å²) in [6.07, 6.45) is 1.47. The molecule has 116 valence electrons.